The number of hydrogen-bond acceptors (Lipinski definition) is 3. The molecule has 3 nitrogen and oxygen atoms in total. The summed E-state index contributed by atoms with van der Waals surface area (Å²) in [6.07, 6.45) is 7.01. The predicted molar refractivity (Wildman–Crippen MR) is 61.1 cm³/mol. The van der Waals surface area contributed by atoms with Crippen molar-refractivity contribution in [2.75, 3.05) is 12.9 Å². The van der Waals surface area contributed by atoms with Crippen LogP contribution in [0.5, 0.6) is 0 Å². The maximum atomic E-state index is 11.8. The SMILES string of the molecule is COC(=O)CCCS(=O)C1CCCCC1. The van der Waals surface area contributed by atoms with Gasteiger partial charge in [0, 0.05) is 28.2 Å². The topological polar surface area (TPSA) is 43.4 Å². The zero-order valence-corrected chi connectivity index (χ0v) is 10.2. The molecule has 1 rings (SSSR count). The van der Waals surface area contributed by atoms with Crippen LogP contribution in [0.1, 0.15) is 44.9 Å². The molecule has 0 aromatic rings. The lowest BCUT2D eigenvalue weighted by Gasteiger charge is -2.20. The lowest BCUT2D eigenvalue weighted by atomic mass is 10.0. The van der Waals surface area contributed by atoms with Gasteiger partial charge in [0.15, 0.2) is 0 Å². The van der Waals surface area contributed by atoms with E-state index < -0.39 is 10.8 Å². The monoisotopic (exact) mass is 232 g/mol. The summed E-state index contributed by atoms with van der Waals surface area (Å²) in [5, 5.41) is 0.386. The van der Waals surface area contributed by atoms with E-state index in [4.69, 9.17) is 0 Å². The molecule has 0 aromatic heterocycles. The van der Waals surface area contributed by atoms with Gasteiger partial charge in [-0.1, -0.05) is 19.3 Å². The van der Waals surface area contributed by atoms with Crippen molar-refractivity contribution in [2.45, 2.75) is 50.2 Å². The molecule has 1 unspecified atom stereocenters. The molecule has 1 aliphatic rings. The Balaban J connectivity index is 2.14. The molecule has 4 heteroatoms. The number of methoxy groups -OCH3 is 1. The summed E-state index contributed by atoms with van der Waals surface area (Å²) in [4.78, 5) is 10.8. The highest BCUT2D eigenvalue weighted by Gasteiger charge is 2.19. The molecule has 1 saturated carbocycles. The van der Waals surface area contributed by atoms with Gasteiger partial charge in [-0.2, -0.15) is 0 Å². The molecule has 0 amide bonds. The van der Waals surface area contributed by atoms with Crippen molar-refractivity contribution in [3.63, 3.8) is 0 Å². The Labute approximate surface area is 94.0 Å². The minimum absolute atomic E-state index is 0.198. The van der Waals surface area contributed by atoms with Gasteiger partial charge in [0.1, 0.15) is 0 Å². The van der Waals surface area contributed by atoms with Crippen molar-refractivity contribution in [3.8, 4) is 0 Å². The Hall–Kier alpha value is -0.380. The van der Waals surface area contributed by atoms with Crippen LogP contribution < -0.4 is 0 Å². The molecule has 0 bridgehead atoms. The van der Waals surface area contributed by atoms with Gasteiger partial charge in [0.2, 0.25) is 0 Å². The Bertz CT molecular complexity index is 222. The van der Waals surface area contributed by atoms with Gasteiger partial charge < -0.3 is 4.74 Å². The second-order valence-electron chi connectivity index (χ2n) is 4.02. The van der Waals surface area contributed by atoms with Crippen molar-refractivity contribution in [1.29, 1.82) is 0 Å². The van der Waals surface area contributed by atoms with Crippen LogP contribution in [-0.2, 0) is 20.3 Å². The highest BCUT2D eigenvalue weighted by molar-refractivity contribution is 7.85. The summed E-state index contributed by atoms with van der Waals surface area (Å²) in [5.41, 5.74) is 0. The first-order valence-electron chi connectivity index (χ1n) is 5.68. The molecule has 0 aliphatic heterocycles. The Kier molecular flexibility index (Phi) is 5.91. The zero-order valence-electron chi connectivity index (χ0n) is 9.37. The molecule has 0 N–H and O–H groups in total. The largest absolute Gasteiger partial charge is 0.469 e. The first-order valence-corrected chi connectivity index (χ1v) is 7.06. The van der Waals surface area contributed by atoms with Gasteiger partial charge in [-0.15, -0.1) is 0 Å². The molecule has 0 heterocycles. The molecule has 0 spiro atoms. The van der Waals surface area contributed by atoms with E-state index in [1.807, 2.05) is 0 Å². The number of carbonyl (C=O) groups is 1. The summed E-state index contributed by atoms with van der Waals surface area (Å²) in [6, 6.07) is 0. The second kappa shape index (κ2) is 6.99. The van der Waals surface area contributed by atoms with Crippen LogP contribution in [-0.4, -0.2) is 28.3 Å². The number of rotatable bonds is 5. The highest BCUT2D eigenvalue weighted by atomic mass is 32.2. The van der Waals surface area contributed by atoms with Gasteiger partial charge in [-0.25, -0.2) is 0 Å². The Morgan fingerprint density at radius 1 is 1.33 bits per heavy atom. The molecule has 88 valence electrons. The van der Waals surface area contributed by atoms with E-state index in [0.717, 1.165) is 12.8 Å². The molecule has 1 fully saturated rings. The third-order valence-corrected chi connectivity index (χ3v) is 4.78. The van der Waals surface area contributed by atoms with E-state index in [9.17, 15) is 9.00 Å². The van der Waals surface area contributed by atoms with Crippen molar-refractivity contribution < 1.29 is 13.7 Å². The van der Waals surface area contributed by atoms with Gasteiger partial charge in [-0.05, 0) is 19.3 Å². The van der Waals surface area contributed by atoms with E-state index in [1.165, 1.54) is 26.4 Å². The third-order valence-electron chi connectivity index (χ3n) is 2.88. The molecular formula is C11H20O3S. The summed E-state index contributed by atoms with van der Waals surface area (Å²) in [6.45, 7) is 0. The van der Waals surface area contributed by atoms with Crippen LogP contribution >= 0.6 is 0 Å². The summed E-state index contributed by atoms with van der Waals surface area (Å²) < 4.78 is 16.4. The molecule has 1 atom stereocenters. The first-order chi connectivity index (χ1) is 7.24. The minimum Gasteiger partial charge on any atom is -0.469 e. The Morgan fingerprint density at radius 2 is 2.00 bits per heavy atom. The van der Waals surface area contributed by atoms with Crippen molar-refractivity contribution in [3.05, 3.63) is 0 Å². The minimum atomic E-state index is -0.733. The predicted octanol–water partition coefficient (Wildman–Crippen LogP) is 2.02. The van der Waals surface area contributed by atoms with E-state index in [1.54, 1.807) is 0 Å². The van der Waals surface area contributed by atoms with Gasteiger partial charge in [0.05, 0.1) is 7.11 Å². The van der Waals surface area contributed by atoms with Crippen molar-refractivity contribution in [1.82, 2.24) is 0 Å². The van der Waals surface area contributed by atoms with E-state index >= 15 is 0 Å². The van der Waals surface area contributed by atoms with E-state index in [-0.39, 0.29) is 5.97 Å². The fourth-order valence-corrected chi connectivity index (χ4v) is 3.58. The normalized spacial score (nSPS) is 19.8. The molecule has 1 aliphatic carbocycles. The number of hydrogen-bond donors (Lipinski definition) is 0. The molecular weight excluding hydrogens is 212 g/mol. The number of ether oxygens (including phenoxy) is 1. The van der Waals surface area contributed by atoms with Crippen LogP contribution in [0, 0.1) is 0 Å². The zero-order chi connectivity index (χ0) is 11.1. The van der Waals surface area contributed by atoms with E-state index in [0.29, 0.717) is 23.8 Å². The highest BCUT2D eigenvalue weighted by Crippen LogP contribution is 2.22. The Morgan fingerprint density at radius 3 is 2.60 bits per heavy atom. The number of esters is 1. The van der Waals surface area contributed by atoms with Crippen LogP contribution in [0.2, 0.25) is 0 Å². The first kappa shape index (κ1) is 12.7. The van der Waals surface area contributed by atoms with Crippen LogP contribution in [0.15, 0.2) is 0 Å². The maximum absolute atomic E-state index is 11.8. The average molecular weight is 232 g/mol. The molecule has 0 aromatic carbocycles. The maximum Gasteiger partial charge on any atom is 0.305 e. The number of carbonyl (C=O) groups excluding carboxylic acids is 1. The van der Waals surface area contributed by atoms with Crippen molar-refractivity contribution >= 4 is 16.8 Å². The van der Waals surface area contributed by atoms with Gasteiger partial charge in [0.25, 0.3) is 0 Å². The molecule has 0 radical (unpaired) electrons. The average Bonchev–Trinajstić information content (AvgIpc) is 2.29. The van der Waals surface area contributed by atoms with E-state index in [2.05, 4.69) is 4.74 Å². The fourth-order valence-electron chi connectivity index (χ4n) is 1.96. The molecule has 15 heavy (non-hydrogen) atoms. The van der Waals surface area contributed by atoms with Crippen LogP contribution in [0.4, 0.5) is 0 Å². The molecule has 0 saturated heterocycles. The summed E-state index contributed by atoms with van der Waals surface area (Å²) >= 11 is 0. The standard InChI is InChI=1S/C11H20O3S/c1-14-11(12)8-5-9-15(13)10-6-3-2-4-7-10/h10H,2-9H2,1H3. The fraction of sp³-hybridized carbons (Fsp3) is 0.909. The van der Waals surface area contributed by atoms with Crippen LogP contribution in [0.25, 0.3) is 0 Å². The van der Waals surface area contributed by atoms with Gasteiger partial charge in [-0.3, -0.25) is 9.00 Å². The summed E-state index contributed by atoms with van der Waals surface area (Å²) in [7, 11) is 0.657. The quantitative estimate of drug-likeness (QED) is 0.681. The van der Waals surface area contributed by atoms with Gasteiger partial charge >= 0.3 is 5.97 Å². The second-order valence-corrected chi connectivity index (χ2v) is 5.86. The summed E-state index contributed by atoms with van der Waals surface area (Å²) in [5.74, 6) is 0.454. The lowest BCUT2D eigenvalue weighted by molar-refractivity contribution is -0.140. The third kappa shape index (κ3) is 4.78. The smallest absolute Gasteiger partial charge is 0.305 e. The van der Waals surface area contributed by atoms with Crippen molar-refractivity contribution in [2.24, 2.45) is 0 Å². The van der Waals surface area contributed by atoms with Crippen LogP contribution in [0.3, 0.4) is 0 Å². The lowest BCUT2D eigenvalue weighted by Crippen LogP contribution is -2.21.